The van der Waals surface area contributed by atoms with E-state index in [2.05, 4.69) is 52.6 Å². The number of nitrogens with zero attached hydrogens (tertiary/aromatic N) is 19. The normalized spacial score (nSPS) is 26.6. The number of carbonyl (C=O) groups excluding carboxylic acids is 7. The van der Waals surface area contributed by atoms with Gasteiger partial charge < -0.3 is 131 Å². The van der Waals surface area contributed by atoms with Gasteiger partial charge in [-0.15, -0.1) is 0 Å². The summed E-state index contributed by atoms with van der Waals surface area (Å²) in [6.07, 6.45) is 16.5. The lowest BCUT2D eigenvalue weighted by atomic mass is 9.93. The zero-order valence-corrected chi connectivity index (χ0v) is 68.2. The Balaban J connectivity index is 0.000000117. The van der Waals surface area contributed by atoms with Crippen LogP contribution in [0.1, 0.15) is 218 Å². The largest absolute Gasteiger partial charge is 0.388 e. The number of piperidine rings is 7. The lowest BCUT2D eigenvalue weighted by Gasteiger charge is -2.29. The highest BCUT2D eigenvalue weighted by Crippen LogP contribution is 2.44. The van der Waals surface area contributed by atoms with Crippen molar-refractivity contribution < 1.29 is 60.7 Å². The van der Waals surface area contributed by atoms with Crippen LogP contribution in [0.2, 0.25) is 0 Å². The fraction of sp³-hybridized carbons (Fsp3) is 0.649. The number of likely N-dealkylation sites (N-methyl/N-ethyl adjacent to an activating group) is 6. The molecular formula is C77H114N28O13. The van der Waals surface area contributed by atoms with Crippen molar-refractivity contribution in [3.8, 4) is 0 Å². The minimum absolute atomic E-state index is 0.0135. The number of aromatic nitrogens is 6. The summed E-state index contributed by atoms with van der Waals surface area (Å²) in [4.78, 5) is 111. The van der Waals surface area contributed by atoms with Gasteiger partial charge in [-0.1, -0.05) is 30.9 Å². The number of rotatable bonds is 19. The van der Waals surface area contributed by atoms with E-state index in [1.807, 2.05) is 111 Å². The number of carbonyl (C=O) groups is 7. The fourth-order valence-electron chi connectivity index (χ4n) is 18.6. The Morgan fingerprint density at radius 2 is 0.763 bits per heavy atom. The lowest BCUT2D eigenvalue weighted by molar-refractivity contribution is 0.0917. The third kappa shape index (κ3) is 17.7. The topological polar surface area (TPSA) is 531 Å². The molecule has 640 valence electrons. The molecule has 0 aromatic carbocycles. The number of aliphatic imine (C=N–C) groups is 1. The zero-order valence-electron chi connectivity index (χ0n) is 68.2. The molecule has 19 rings (SSSR count). The van der Waals surface area contributed by atoms with Crippen LogP contribution in [0, 0.1) is 5.41 Å². The summed E-state index contributed by atoms with van der Waals surface area (Å²) in [5.41, 5.74) is 37.1. The molecule has 12 atom stereocenters. The van der Waals surface area contributed by atoms with Crippen LogP contribution in [-0.4, -0.2) is 294 Å². The fourth-order valence-corrected chi connectivity index (χ4v) is 18.6. The molecule has 12 bridgehead atoms. The first-order valence-electron chi connectivity index (χ1n) is 41.3. The van der Waals surface area contributed by atoms with Gasteiger partial charge in [0.05, 0.1) is 84.9 Å². The lowest BCUT2D eigenvalue weighted by Crippen LogP contribution is -2.34. The number of hydrogen-bond donors (Lipinski definition) is 9. The molecule has 0 radical (unpaired) electrons. The predicted octanol–water partition coefficient (Wildman–Crippen LogP) is 4.62. The summed E-state index contributed by atoms with van der Waals surface area (Å²) in [7, 11) is 11.2. The molecule has 13 amide bonds. The van der Waals surface area contributed by atoms with E-state index in [4.69, 9.17) is 66.9 Å². The maximum Gasteiger partial charge on any atom is 0.320 e. The monoisotopic (exact) mass is 1640 g/mol. The average Bonchev–Trinajstić information content (AvgIpc) is 1.67. The quantitative estimate of drug-likeness (QED) is 0.0394. The first kappa shape index (κ1) is 83.4. The van der Waals surface area contributed by atoms with Gasteiger partial charge >= 0.3 is 36.2 Å². The molecule has 0 unspecified atom stereocenters. The summed E-state index contributed by atoms with van der Waals surface area (Å²) < 4.78 is 31.6. The molecule has 41 heteroatoms. The van der Waals surface area contributed by atoms with Crippen molar-refractivity contribution >= 4 is 53.9 Å². The molecule has 0 spiro atoms. The first-order valence-corrected chi connectivity index (χ1v) is 41.3. The standard InChI is InChI=1S/C15H22N4O2.C14H21N5O2.C13H19N5O3.C12H18N6O2.C12H18N4O2.C11H16N4O2/c1-18-11-2-3-13(19(9-11)15(18)20)12-8-14(21-17-12)10-4-6-16-7-5-10;1-18-9-5-6-12(19(8-9)14(18)20)11-7-10(21-17-11)3-2-4-13(15)16;1-17-8-2-3-10(18(7-8)13(17)20)9-6-11(21-16-9)12(19)15-5-4-14;1-17-7-2-3-10(18(6-7)12(17)19)9-4-8(20-16-9)5-15-11(13)14;1-15-8-2-3-11(16(7-8)12(15)17)10-6-9(4-5-13)18-14-10;1-14-7-2-3-10(15(6-7)11(14)16)9-4-8(5-12)17-13-9/h8,10-11,13,16H,2-7,9H2,1H3;7,9,12H,2-6,8H2,1H3,(H3,15,16);6,8,10H,2-5,7,14H2,1H3,(H,15,19);4,7,10H,2-3,5-6H2,1H3,(H4,13,14,15);6,8,11H,2-5,7,13H2,1H3;4,7,10H,2-3,5-6,12H2,1H3/t11-,13+;9-,12+;8-,10+;7-,10+;8-,11+;7-,10+/m111111/s1. The van der Waals surface area contributed by atoms with Gasteiger partial charge in [0, 0.05) is 156 Å². The van der Waals surface area contributed by atoms with Gasteiger partial charge in [-0.05, 0) is 116 Å². The van der Waals surface area contributed by atoms with E-state index in [1.165, 1.54) is 0 Å². The van der Waals surface area contributed by atoms with Gasteiger partial charge in [-0.25, -0.2) is 33.8 Å². The van der Waals surface area contributed by atoms with Crippen molar-refractivity contribution in [3.05, 3.63) is 105 Å². The van der Waals surface area contributed by atoms with E-state index in [0.29, 0.717) is 98.9 Å². The van der Waals surface area contributed by atoms with Crippen molar-refractivity contribution in [1.82, 2.24) is 100 Å². The van der Waals surface area contributed by atoms with Gasteiger partial charge in [-0.2, -0.15) is 0 Å². The van der Waals surface area contributed by atoms with Crippen LogP contribution in [0.15, 0.2) is 68.5 Å². The SMILES string of the molecule is CN1C(=O)N2C[C@H]1CC[C@H]2c1cc(C(=O)NCCN)on1.CN1C(=O)N2C[C@H]1CC[C@H]2c1cc(C2CCNCC2)on1.CN1C(=O)N2C[C@H]1CC[C@H]2c1cc(CCCC(=N)N)on1.CN1C(=O)N2C[C@H]1CC[C@H]2c1cc(CCN)on1.CN1C(=O)N2C[C@H]1CC[C@H]2c1cc(CN)on1.CN1C(=O)N2C[C@H]1CC[C@H]2c1cc(CN=C(N)N)on1. The number of amidine groups is 1. The Morgan fingerprint density at radius 1 is 0.432 bits per heavy atom. The van der Waals surface area contributed by atoms with Gasteiger partial charge in [-0.3, -0.25) is 10.2 Å². The summed E-state index contributed by atoms with van der Waals surface area (Å²) in [5.74, 6) is 4.35. The number of urea groups is 6. The number of aryl methyl sites for hydroxylation is 1. The van der Waals surface area contributed by atoms with Crippen LogP contribution in [0.3, 0.4) is 0 Å². The van der Waals surface area contributed by atoms with Crippen LogP contribution in [0.5, 0.6) is 0 Å². The Kier molecular flexibility index (Phi) is 25.8. The molecule has 13 aliphatic heterocycles. The molecule has 15 N–H and O–H groups in total. The van der Waals surface area contributed by atoms with Crippen LogP contribution in [0.4, 0.5) is 28.8 Å². The maximum absolute atomic E-state index is 12.3. The Bertz CT molecular complexity index is 4540. The highest BCUT2D eigenvalue weighted by atomic mass is 16.5. The molecule has 13 aliphatic rings. The number of guanidine groups is 1. The summed E-state index contributed by atoms with van der Waals surface area (Å²) in [6.45, 7) is 8.67. The van der Waals surface area contributed by atoms with Crippen LogP contribution >= 0.6 is 0 Å². The second-order valence-corrected chi connectivity index (χ2v) is 32.8. The second-order valence-electron chi connectivity index (χ2n) is 32.8. The molecule has 19 heterocycles. The van der Waals surface area contributed by atoms with Crippen molar-refractivity contribution in [1.29, 1.82) is 5.41 Å². The Hall–Kier alpha value is -11.1. The molecule has 6 aromatic heterocycles. The maximum atomic E-state index is 12.3. The number of amides is 13. The molecule has 6 aromatic rings. The van der Waals surface area contributed by atoms with Crippen molar-refractivity contribution in [2.45, 2.75) is 207 Å². The second kappa shape index (κ2) is 36.4. The van der Waals surface area contributed by atoms with Gasteiger partial charge in [0.25, 0.3) is 5.91 Å². The van der Waals surface area contributed by atoms with E-state index >= 15 is 0 Å². The number of fused-ring (bicyclic) bond motifs is 12. The van der Waals surface area contributed by atoms with E-state index in [0.717, 1.165) is 194 Å². The van der Waals surface area contributed by atoms with Gasteiger partial charge in [0.1, 0.15) is 58.0 Å². The van der Waals surface area contributed by atoms with E-state index in [1.54, 1.807) is 20.8 Å². The van der Waals surface area contributed by atoms with Gasteiger partial charge in [0.2, 0.25) is 5.76 Å². The first-order chi connectivity index (χ1) is 56.9. The summed E-state index contributed by atoms with van der Waals surface area (Å²) in [5, 5.41) is 37.8. The van der Waals surface area contributed by atoms with Gasteiger partial charge in [0.15, 0.2) is 17.5 Å². The number of nitrogens with one attached hydrogen (secondary N) is 3. The van der Waals surface area contributed by atoms with Crippen molar-refractivity contribution in [3.63, 3.8) is 0 Å². The van der Waals surface area contributed by atoms with Crippen LogP contribution in [0.25, 0.3) is 0 Å². The van der Waals surface area contributed by atoms with Crippen molar-refractivity contribution in [2.24, 2.45) is 39.4 Å². The highest BCUT2D eigenvalue weighted by molar-refractivity contribution is 5.91. The minimum atomic E-state index is -0.335. The number of hydrogen-bond acceptors (Lipinski definition) is 25. The van der Waals surface area contributed by atoms with E-state index < -0.39 is 0 Å². The minimum Gasteiger partial charge on any atom is -0.388 e. The average molecular weight is 1640 g/mol. The Labute approximate surface area is 683 Å². The summed E-state index contributed by atoms with van der Waals surface area (Å²) >= 11 is 0. The number of nitrogens with two attached hydrogens (primary N) is 6. The molecular weight excluding hydrogens is 1530 g/mol. The molecule has 0 aliphatic carbocycles. The zero-order chi connectivity index (χ0) is 83.3. The molecule has 13 fully saturated rings. The van der Waals surface area contributed by atoms with Crippen LogP contribution < -0.4 is 45.0 Å². The summed E-state index contributed by atoms with van der Waals surface area (Å²) in [6, 6.07) is 13.9. The predicted molar refractivity (Wildman–Crippen MR) is 424 cm³/mol. The third-order valence-corrected chi connectivity index (χ3v) is 25.6. The third-order valence-electron chi connectivity index (χ3n) is 25.6. The Morgan fingerprint density at radius 3 is 1.12 bits per heavy atom. The highest BCUT2D eigenvalue weighted by Gasteiger charge is 2.50. The molecule has 13 saturated heterocycles. The smallest absolute Gasteiger partial charge is 0.320 e. The van der Waals surface area contributed by atoms with Crippen molar-refractivity contribution in [2.75, 3.05) is 114 Å². The molecule has 118 heavy (non-hydrogen) atoms. The van der Waals surface area contributed by atoms with E-state index in [9.17, 15) is 33.6 Å². The molecule has 0 saturated carbocycles. The molecule has 41 nitrogen and oxygen atoms in total. The van der Waals surface area contributed by atoms with E-state index in [-0.39, 0.29) is 108 Å². The van der Waals surface area contributed by atoms with Crippen LogP contribution in [-0.2, 0) is 25.9 Å².